The Hall–Kier alpha value is -3.23. The normalized spacial score (nSPS) is 11.4. The number of rotatable bonds is 3. The number of carbonyl (C=O) groups excluding carboxylic acids is 1. The number of hydrogen-bond acceptors (Lipinski definition) is 3. The SMILES string of the molecule is O=C(Nc1ccc(-n2ccc(C(F)(F)F)n2)cc1)c1ccncc1F. The van der Waals surface area contributed by atoms with E-state index in [1.165, 1.54) is 42.7 Å². The standard InChI is InChI=1S/C16H10F4N4O/c17-13-9-21-7-5-12(13)15(25)22-10-1-3-11(4-2-10)24-8-6-14(23-24)16(18,19)20/h1-9H,(H,22,25). The van der Waals surface area contributed by atoms with Gasteiger partial charge in [-0.25, -0.2) is 9.07 Å². The summed E-state index contributed by atoms with van der Waals surface area (Å²) < 4.78 is 52.2. The first-order valence-corrected chi connectivity index (χ1v) is 6.99. The molecular weight excluding hydrogens is 340 g/mol. The number of anilines is 1. The van der Waals surface area contributed by atoms with Gasteiger partial charge in [0.25, 0.3) is 5.91 Å². The molecule has 0 aliphatic heterocycles. The highest BCUT2D eigenvalue weighted by Gasteiger charge is 2.33. The highest BCUT2D eigenvalue weighted by molar-refractivity contribution is 6.04. The lowest BCUT2D eigenvalue weighted by Gasteiger charge is -2.07. The second-order valence-electron chi connectivity index (χ2n) is 5.00. The number of benzene rings is 1. The van der Waals surface area contributed by atoms with Crippen molar-refractivity contribution in [2.75, 3.05) is 5.32 Å². The molecule has 5 nitrogen and oxygen atoms in total. The van der Waals surface area contributed by atoms with Gasteiger partial charge in [-0.3, -0.25) is 9.78 Å². The van der Waals surface area contributed by atoms with Crippen molar-refractivity contribution in [3.8, 4) is 5.69 Å². The summed E-state index contributed by atoms with van der Waals surface area (Å²) in [6.45, 7) is 0. The average molecular weight is 350 g/mol. The van der Waals surface area contributed by atoms with Crippen LogP contribution in [0.1, 0.15) is 16.1 Å². The van der Waals surface area contributed by atoms with Crippen molar-refractivity contribution in [2.45, 2.75) is 6.18 Å². The number of carbonyl (C=O) groups is 1. The summed E-state index contributed by atoms with van der Waals surface area (Å²) >= 11 is 0. The van der Waals surface area contributed by atoms with Crippen LogP contribution < -0.4 is 5.32 Å². The summed E-state index contributed by atoms with van der Waals surface area (Å²) in [5.41, 5.74) is -0.434. The molecule has 0 aliphatic carbocycles. The van der Waals surface area contributed by atoms with Crippen LogP contribution in [0.2, 0.25) is 0 Å². The van der Waals surface area contributed by atoms with Crippen LogP contribution in [0.4, 0.5) is 23.2 Å². The van der Waals surface area contributed by atoms with Gasteiger partial charge in [-0.15, -0.1) is 0 Å². The monoisotopic (exact) mass is 350 g/mol. The van der Waals surface area contributed by atoms with Crippen molar-refractivity contribution in [3.05, 3.63) is 72.1 Å². The van der Waals surface area contributed by atoms with E-state index in [9.17, 15) is 22.4 Å². The summed E-state index contributed by atoms with van der Waals surface area (Å²) in [7, 11) is 0. The van der Waals surface area contributed by atoms with Crippen LogP contribution in [0, 0.1) is 5.82 Å². The van der Waals surface area contributed by atoms with E-state index < -0.39 is 23.6 Å². The Labute approximate surface area is 138 Å². The Balaban J connectivity index is 1.75. The smallest absolute Gasteiger partial charge is 0.322 e. The molecule has 1 aromatic carbocycles. The Kier molecular flexibility index (Phi) is 4.22. The van der Waals surface area contributed by atoms with Crippen LogP contribution in [0.25, 0.3) is 5.69 Å². The van der Waals surface area contributed by atoms with E-state index in [2.05, 4.69) is 15.4 Å². The van der Waals surface area contributed by atoms with E-state index in [1.54, 1.807) is 0 Å². The van der Waals surface area contributed by atoms with Gasteiger partial charge in [0.2, 0.25) is 0 Å². The molecule has 25 heavy (non-hydrogen) atoms. The third-order valence-corrected chi connectivity index (χ3v) is 3.29. The first-order valence-electron chi connectivity index (χ1n) is 6.99. The van der Waals surface area contributed by atoms with Crippen molar-refractivity contribution in [1.29, 1.82) is 0 Å². The van der Waals surface area contributed by atoms with E-state index in [1.807, 2.05) is 0 Å². The van der Waals surface area contributed by atoms with Crippen LogP contribution in [-0.4, -0.2) is 20.7 Å². The predicted molar refractivity (Wildman–Crippen MR) is 80.7 cm³/mol. The molecule has 0 atom stereocenters. The molecule has 0 radical (unpaired) electrons. The molecule has 9 heteroatoms. The zero-order valence-corrected chi connectivity index (χ0v) is 12.5. The van der Waals surface area contributed by atoms with Crippen molar-refractivity contribution in [2.24, 2.45) is 0 Å². The highest BCUT2D eigenvalue weighted by Crippen LogP contribution is 2.28. The average Bonchev–Trinajstić information content (AvgIpc) is 3.06. The van der Waals surface area contributed by atoms with E-state index in [0.29, 0.717) is 11.4 Å². The van der Waals surface area contributed by atoms with Crippen molar-refractivity contribution in [1.82, 2.24) is 14.8 Å². The molecule has 3 aromatic rings. The number of halogens is 4. The maximum absolute atomic E-state index is 13.5. The van der Waals surface area contributed by atoms with Gasteiger partial charge in [-0.1, -0.05) is 0 Å². The third kappa shape index (κ3) is 3.65. The van der Waals surface area contributed by atoms with Gasteiger partial charge < -0.3 is 5.32 Å². The number of nitrogens with one attached hydrogen (secondary N) is 1. The molecule has 0 spiro atoms. The number of alkyl halides is 3. The zero-order valence-electron chi connectivity index (χ0n) is 12.5. The molecule has 0 fully saturated rings. The van der Waals surface area contributed by atoms with Gasteiger partial charge in [0.15, 0.2) is 11.5 Å². The predicted octanol–water partition coefficient (Wildman–Crippen LogP) is 3.68. The fraction of sp³-hybridized carbons (Fsp3) is 0.0625. The Bertz CT molecular complexity index is 903. The summed E-state index contributed by atoms with van der Waals surface area (Å²) in [6.07, 6.45) is -1.12. The van der Waals surface area contributed by atoms with Crippen molar-refractivity contribution >= 4 is 11.6 Å². The molecule has 2 heterocycles. The van der Waals surface area contributed by atoms with Gasteiger partial charge in [0.1, 0.15) is 0 Å². The van der Waals surface area contributed by atoms with E-state index in [4.69, 9.17) is 0 Å². The van der Waals surface area contributed by atoms with Crippen LogP contribution in [0.5, 0.6) is 0 Å². The summed E-state index contributed by atoms with van der Waals surface area (Å²) in [6, 6.07) is 8.00. The van der Waals surface area contributed by atoms with Gasteiger partial charge in [0, 0.05) is 18.1 Å². The summed E-state index contributed by atoms with van der Waals surface area (Å²) in [4.78, 5) is 15.5. The fourth-order valence-electron chi connectivity index (χ4n) is 2.07. The number of pyridine rings is 1. The van der Waals surface area contributed by atoms with Gasteiger partial charge >= 0.3 is 6.18 Å². The van der Waals surface area contributed by atoms with Gasteiger partial charge in [0.05, 0.1) is 17.4 Å². The molecule has 0 unspecified atom stereocenters. The number of hydrogen-bond donors (Lipinski definition) is 1. The molecule has 128 valence electrons. The Morgan fingerprint density at radius 1 is 1.08 bits per heavy atom. The van der Waals surface area contributed by atoms with Crippen molar-refractivity contribution < 1.29 is 22.4 Å². The molecular formula is C16H10F4N4O. The molecule has 0 bridgehead atoms. The number of nitrogens with zero attached hydrogens (tertiary/aromatic N) is 3. The molecule has 1 N–H and O–H groups in total. The molecule has 1 amide bonds. The molecule has 0 aliphatic rings. The van der Waals surface area contributed by atoms with Crippen LogP contribution >= 0.6 is 0 Å². The topological polar surface area (TPSA) is 59.8 Å². The second kappa shape index (κ2) is 6.34. The summed E-state index contributed by atoms with van der Waals surface area (Å²) in [5, 5.41) is 5.94. The van der Waals surface area contributed by atoms with Crippen molar-refractivity contribution in [3.63, 3.8) is 0 Å². The molecule has 3 rings (SSSR count). The van der Waals surface area contributed by atoms with E-state index in [0.717, 1.165) is 16.9 Å². The largest absolute Gasteiger partial charge is 0.435 e. The minimum atomic E-state index is -4.52. The third-order valence-electron chi connectivity index (χ3n) is 3.29. The number of amides is 1. The molecule has 0 saturated carbocycles. The highest BCUT2D eigenvalue weighted by atomic mass is 19.4. The van der Waals surface area contributed by atoms with Crippen LogP contribution in [0.3, 0.4) is 0 Å². The first-order chi connectivity index (χ1) is 11.8. The lowest BCUT2D eigenvalue weighted by Crippen LogP contribution is -2.14. The minimum Gasteiger partial charge on any atom is -0.322 e. The second-order valence-corrected chi connectivity index (χ2v) is 5.00. The van der Waals surface area contributed by atoms with Crippen LogP contribution in [-0.2, 0) is 6.18 Å². The Morgan fingerprint density at radius 3 is 2.40 bits per heavy atom. The lowest BCUT2D eigenvalue weighted by molar-refractivity contribution is -0.141. The van der Waals surface area contributed by atoms with E-state index >= 15 is 0 Å². The zero-order chi connectivity index (χ0) is 18.0. The summed E-state index contributed by atoms with van der Waals surface area (Å²) in [5.74, 6) is -1.42. The van der Waals surface area contributed by atoms with E-state index in [-0.39, 0.29) is 5.56 Å². The molecule has 2 aromatic heterocycles. The van der Waals surface area contributed by atoms with Gasteiger partial charge in [-0.05, 0) is 36.4 Å². The maximum Gasteiger partial charge on any atom is 0.435 e. The lowest BCUT2D eigenvalue weighted by atomic mass is 10.2. The maximum atomic E-state index is 13.5. The van der Waals surface area contributed by atoms with Crippen LogP contribution in [0.15, 0.2) is 55.0 Å². The first kappa shape index (κ1) is 16.6. The fourth-order valence-corrected chi connectivity index (χ4v) is 2.07. The quantitative estimate of drug-likeness (QED) is 0.733. The molecule has 0 saturated heterocycles. The Morgan fingerprint density at radius 2 is 1.80 bits per heavy atom. The van der Waals surface area contributed by atoms with Gasteiger partial charge in [-0.2, -0.15) is 18.3 Å². The minimum absolute atomic E-state index is 0.166. The number of aromatic nitrogens is 3.